The predicted molar refractivity (Wildman–Crippen MR) is 94.7 cm³/mol. The summed E-state index contributed by atoms with van der Waals surface area (Å²) in [6.07, 6.45) is 2.51. The van der Waals surface area contributed by atoms with E-state index in [4.69, 9.17) is 9.47 Å². The van der Waals surface area contributed by atoms with Crippen LogP contribution in [0.5, 0.6) is 11.5 Å². The Morgan fingerprint density at radius 2 is 2.00 bits per heavy atom. The maximum absolute atomic E-state index is 12.1. The summed E-state index contributed by atoms with van der Waals surface area (Å²) in [4.78, 5) is 18.6. The number of nitrogens with one attached hydrogen (secondary N) is 1. The van der Waals surface area contributed by atoms with Crippen molar-refractivity contribution < 1.29 is 14.3 Å². The van der Waals surface area contributed by atoms with E-state index in [0.29, 0.717) is 24.6 Å². The molecular formula is C19H23N3O3. The van der Waals surface area contributed by atoms with Crippen LogP contribution in [-0.2, 0) is 17.8 Å². The van der Waals surface area contributed by atoms with Crippen LogP contribution in [0.1, 0.15) is 11.3 Å². The molecule has 0 aliphatic carbocycles. The number of aromatic nitrogens is 1. The van der Waals surface area contributed by atoms with E-state index in [2.05, 4.69) is 27.3 Å². The maximum atomic E-state index is 12.1. The molecule has 0 unspecified atom stereocenters. The van der Waals surface area contributed by atoms with E-state index in [1.54, 1.807) is 26.5 Å². The van der Waals surface area contributed by atoms with Gasteiger partial charge in [0.1, 0.15) is 5.69 Å². The minimum Gasteiger partial charge on any atom is -0.493 e. The first-order valence-electron chi connectivity index (χ1n) is 8.31. The van der Waals surface area contributed by atoms with E-state index >= 15 is 0 Å². The minimum atomic E-state index is 0.0362. The second kappa shape index (κ2) is 7.98. The molecule has 2 heterocycles. The highest BCUT2D eigenvalue weighted by molar-refractivity contribution is 5.79. The topological polar surface area (TPSA) is 63.7 Å². The van der Waals surface area contributed by atoms with Gasteiger partial charge in [0.25, 0.3) is 0 Å². The average Bonchev–Trinajstić information content (AvgIpc) is 2.61. The van der Waals surface area contributed by atoms with E-state index in [9.17, 15) is 4.79 Å². The highest BCUT2D eigenvalue weighted by atomic mass is 16.5. The van der Waals surface area contributed by atoms with Crippen molar-refractivity contribution in [2.24, 2.45) is 0 Å². The van der Waals surface area contributed by atoms with Crippen LogP contribution in [0.15, 0.2) is 42.6 Å². The molecular weight excluding hydrogens is 318 g/mol. The molecule has 0 saturated carbocycles. The molecule has 6 nitrogen and oxygen atoms in total. The van der Waals surface area contributed by atoms with Crippen LogP contribution in [0.25, 0.3) is 0 Å². The van der Waals surface area contributed by atoms with Gasteiger partial charge in [-0.15, -0.1) is 0 Å². The molecule has 25 heavy (non-hydrogen) atoms. The van der Waals surface area contributed by atoms with Crippen molar-refractivity contribution in [3.63, 3.8) is 0 Å². The van der Waals surface area contributed by atoms with Gasteiger partial charge in [-0.05, 0) is 12.0 Å². The molecule has 1 N–H and O–H groups in total. The normalized spacial score (nSPS) is 17.8. The molecule has 0 bridgehead atoms. The quantitative estimate of drug-likeness (QED) is 0.865. The van der Waals surface area contributed by atoms with Crippen LogP contribution < -0.4 is 14.8 Å². The van der Waals surface area contributed by atoms with Crippen molar-refractivity contribution in [2.45, 2.75) is 19.0 Å². The van der Waals surface area contributed by atoms with Gasteiger partial charge in [0, 0.05) is 31.4 Å². The number of benzene rings is 1. The number of carbonyl (C=O) groups is 1. The van der Waals surface area contributed by atoms with Gasteiger partial charge < -0.3 is 14.8 Å². The zero-order valence-electron chi connectivity index (χ0n) is 14.6. The van der Waals surface area contributed by atoms with Crippen LogP contribution in [0.2, 0.25) is 0 Å². The molecule has 3 rings (SSSR count). The van der Waals surface area contributed by atoms with Gasteiger partial charge in [0.2, 0.25) is 5.91 Å². The van der Waals surface area contributed by atoms with Crippen LogP contribution in [0.3, 0.4) is 0 Å². The monoisotopic (exact) mass is 341 g/mol. The smallest absolute Gasteiger partial charge is 0.234 e. The second-order valence-electron chi connectivity index (χ2n) is 6.12. The second-order valence-corrected chi connectivity index (χ2v) is 6.12. The van der Waals surface area contributed by atoms with Crippen molar-refractivity contribution in [2.75, 3.05) is 27.3 Å². The lowest BCUT2D eigenvalue weighted by molar-refractivity contribution is -0.125. The first kappa shape index (κ1) is 17.2. The first-order chi connectivity index (χ1) is 12.2. The van der Waals surface area contributed by atoms with Gasteiger partial charge in [-0.1, -0.05) is 30.3 Å². The number of piperazine rings is 1. The molecule has 132 valence electrons. The van der Waals surface area contributed by atoms with Crippen molar-refractivity contribution >= 4 is 5.91 Å². The molecule has 1 aromatic heterocycles. The largest absolute Gasteiger partial charge is 0.493 e. The Morgan fingerprint density at radius 3 is 2.72 bits per heavy atom. The SMILES string of the molecule is COc1ccnc(CN2CC(=O)N[C@@H](Cc3ccccc3)C2)c1OC. The predicted octanol–water partition coefficient (Wildman–Crippen LogP) is 1.64. The molecule has 1 aromatic carbocycles. The maximum Gasteiger partial charge on any atom is 0.234 e. The van der Waals surface area contributed by atoms with Gasteiger partial charge in [-0.25, -0.2) is 0 Å². The molecule has 1 amide bonds. The van der Waals surface area contributed by atoms with Gasteiger partial charge in [0.05, 0.1) is 20.8 Å². The molecule has 1 aliphatic heterocycles. The summed E-state index contributed by atoms with van der Waals surface area (Å²) in [5.41, 5.74) is 1.99. The number of nitrogens with zero attached hydrogens (tertiary/aromatic N) is 2. The number of rotatable bonds is 6. The van der Waals surface area contributed by atoms with Gasteiger partial charge in [-0.3, -0.25) is 14.7 Å². The van der Waals surface area contributed by atoms with Crippen molar-refractivity contribution in [1.82, 2.24) is 15.2 Å². The zero-order valence-corrected chi connectivity index (χ0v) is 14.6. The number of methoxy groups -OCH3 is 2. The highest BCUT2D eigenvalue weighted by Crippen LogP contribution is 2.30. The Kier molecular flexibility index (Phi) is 5.50. The Morgan fingerprint density at radius 1 is 1.20 bits per heavy atom. The lowest BCUT2D eigenvalue weighted by Crippen LogP contribution is -2.54. The fraction of sp³-hybridized carbons (Fsp3) is 0.368. The van der Waals surface area contributed by atoms with Crippen molar-refractivity contribution in [3.8, 4) is 11.5 Å². The third-order valence-electron chi connectivity index (χ3n) is 4.28. The summed E-state index contributed by atoms with van der Waals surface area (Å²) < 4.78 is 10.8. The van der Waals surface area contributed by atoms with E-state index in [0.717, 1.165) is 18.7 Å². The van der Waals surface area contributed by atoms with E-state index in [1.807, 2.05) is 18.2 Å². The minimum absolute atomic E-state index is 0.0362. The summed E-state index contributed by atoms with van der Waals surface area (Å²) >= 11 is 0. The van der Waals surface area contributed by atoms with E-state index in [1.165, 1.54) is 5.56 Å². The number of ether oxygens (including phenoxy) is 2. The Labute approximate surface area is 147 Å². The molecule has 1 saturated heterocycles. The molecule has 0 spiro atoms. The first-order valence-corrected chi connectivity index (χ1v) is 8.31. The third-order valence-corrected chi connectivity index (χ3v) is 4.28. The zero-order chi connectivity index (χ0) is 17.6. The molecule has 6 heteroatoms. The fourth-order valence-corrected chi connectivity index (χ4v) is 3.21. The lowest BCUT2D eigenvalue weighted by Gasteiger charge is -2.33. The molecule has 1 atom stereocenters. The summed E-state index contributed by atoms with van der Waals surface area (Å²) in [7, 11) is 3.20. The number of carbonyl (C=O) groups excluding carboxylic acids is 1. The standard InChI is InChI=1S/C19H23N3O3/c1-24-17-8-9-20-16(19(17)25-2)12-22-11-15(21-18(23)13-22)10-14-6-4-3-5-7-14/h3-9,15H,10-13H2,1-2H3,(H,21,23)/t15-/m0/s1. The lowest BCUT2D eigenvalue weighted by atomic mass is 10.0. The Bertz CT molecular complexity index is 721. The van der Waals surface area contributed by atoms with Gasteiger partial charge >= 0.3 is 0 Å². The molecule has 2 aromatic rings. The highest BCUT2D eigenvalue weighted by Gasteiger charge is 2.26. The van der Waals surface area contributed by atoms with E-state index < -0.39 is 0 Å². The number of pyridine rings is 1. The van der Waals surface area contributed by atoms with Crippen LogP contribution in [0, 0.1) is 0 Å². The van der Waals surface area contributed by atoms with Crippen molar-refractivity contribution in [1.29, 1.82) is 0 Å². The van der Waals surface area contributed by atoms with Crippen molar-refractivity contribution in [3.05, 3.63) is 53.9 Å². The summed E-state index contributed by atoms with van der Waals surface area (Å²) in [5.74, 6) is 1.31. The number of amides is 1. The van der Waals surface area contributed by atoms with Gasteiger partial charge in [-0.2, -0.15) is 0 Å². The third kappa shape index (κ3) is 4.28. The van der Waals surface area contributed by atoms with Crippen LogP contribution in [-0.4, -0.2) is 49.1 Å². The molecule has 1 aliphatic rings. The summed E-state index contributed by atoms with van der Waals surface area (Å²) in [6.45, 7) is 1.66. The Balaban J connectivity index is 1.71. The average molecular weight is 341 g/mol. The molecule has 1 fully saturated rings. The molecule has 0 radical (unpaired) electrons. The number of hydrogen-bond donors (Lipinski definition) is 1. The number of hydrogen-bond acceptors (Lipinski definition) is 5. The fourth-order valence-electron chi connectivity index (χ4n) is 3.21. The summed E-state index contributed by atoms with van der Waals surface area (Å²) in [6, 6.07) is 12.0. The van der Waals surface area contributed by atoms with Gasteiger partial charge in [0.15, 0.2) is 11.5 Å². The van der Waals surface area contributed by atoms with Crippen LogP contribution in [0.4, 0.5) is 0 Å². The summed E-state index contributed by atoms with van der Waals surface area (Å²) in [5, 5.41) is 3.07. The van der Waals surface area contributed by atoms with E-state index in [-0.39, 0.29) is 11.9 Å². The van der Waals surface area contributed by atoms with Crippen LogP contribution >= 0.6 is 0 Å². The Hall–Kier alpha value is -2.60.